The van der Waals surface area contributed by atoms with Crippen molar-refractivity contribution in [2.24, 2.45) is 5.41 Å². The van der Waals surface area contributed by atoms with Crippen molar-refractivity contribution < 1.29 is 9.16 Å². The zero-order valence-electron chi connectivity index (χ0n) is 12.3. The minimum atomic E-state index is -0.611. The van der Waals surface area contributed by atoms with Crippen molar-refractivity contribution in [3.8, 4) is 0 Å². The van der Waals surface area contributed by atoms with Crippen molar-refractivity contribution in [2.45, 2.75) is 32.7 Å². The maximum Gasteiger partial charge on any atom is 0.171 e. The van der Waals surface area contributed by atoms with E-state index in [4.69, 9.17) is 9.16 Å². The van der Waals surface area contributed by atoms with Crippen LogP contribution >= 0.6 is 0 Å². The van der Waals surface area contributed by atoms with Gasteiger partial charge in [0, 0.05) is 24.2 Å². The highest BCUT2D eigenvalue weighted by molar-refractivity contribution is 6.32. The van der Waals surface area contributed by atoms with Gasteiger partial charge in [-0.15, -0.1) is 0 Å². The summed E-state index contributed by atoms with van der Waals surface area (Å²) in [6.07, 6.45) is 0. The second kappa shape index (κ2) is 6.50. The van der Waals surface area contributed by atoms with Gasteiger partial charge >= 0.3 is 0 Å². The molecule has 0 N–H and O–H groups in total. The summed E-state index contributed by atoms with van der Waals surface area (Å²) in [5.41, 5.74) is 1.48. The van der Waals surface area contributed by atoms with Crippen molar-refractivity contribution in [3.63, 3.8) is 0 Å². The number of benzene rings is 1. The molecule has 1 aromatic carbocycles. The van der Waals surface area contributed by atoms with Gasteiger partial charge in [0.2, 0.25) is 0 Å². The highest BCUT2D eigenvalue weighted by Crippen LogP contribution is 2.23. The minimum Gasteiger partial charge on any atom is -0.422 e. The molecule has 0 fully saturated rings. The first kappa shape index (κ1) is 15.4. The molecule has 0 aromatic heterocycles. The molecule has 2 nitrogen and oxygen atoms in total. The SMILES string of the molecule is COCC(C)(C)CO[SiH2]C(C)(C)c1ccccc1. The molecule has 1 rings (SSSR count). The van der Waals surface area contributed by atoms with Gasteiger partial charge < -0.3 is 9.16 Å². The Morgan fingerprint density at radius 1 is 1.00 bits per heavy atom. The molecule has 0 amide bonds. The number of hydrogen-bond donors (Lipinski definition) is 0. The van der Waals surface area contributed by atoms with Crippen LogP contribution < -0.4 is 0 Å². The summed E-state index contributed by atoms with van der Waals surface area (Å²) in [5.74, 6) is 0. The minimum absolute atomic E-state index is 0.106. The zero-order chi connectivity index (χ0) is 13.6. The molecule has 1 aromatic rings. The maximum absolute atomic E-state index is 6.03. The van der Waals surface area contributed by atoms with Crippen LogP contribution in [0.15, 0.2) is 30.3 Å². The second-order valence-corrected chi connectivity index (χ2v) is 8.80. The van der Waals surface area contributed by atoms with Crippen LogP contribution in [-0.2, 0) is 14.2 Å². The molecule has 0 saturated heterocycles. The van der Waals surface area contributed by atoms with E-state index in [0.29, 0.717) is 0 Å². The molecule has 0 saturated carbocycles. The third kappa shape index (κ3) is 4.92. The van der Waals surface area contributed by atoms with Crippen LogP contribution in [0.5, 0.6) is 0 Å². The first-order valence-corrected chi connectivity index (χ1v) is 7.78. The molecule has 0 heterocycles. The van der Waals surface area contributed by atoms with Gasteiger partial charge in [0.05, 0.1) is 6.61 Å². The molecule has 18 heavy (non-hydrogen) atoms. The summed E-state index contributed by atoms with van der Waals surface area (Å²) >= 11 is 0. The summed E-state index contributed by atoms with van der Waals surface area (Å²) in [5, 5.41) is 0.185. The summed E-state index contributed by atoms with van der Waals surface area (Å²) in [4.78, 5) is 0. The van der Waals surface area contributed by atoms with E-state index in [2.05, 4.69) is 58.0 Å². The fraction of sp³-hybridized carbons (Fsp3) is 0.600. The lowest BCUT2D eigenvalue weighted by atomic mass is 9.97. The molecule has 0 bridgehead atoms. The molecule has 3 heteroatoms. The van der Waals surface area contributed by atoms with Gasteiger partial charge in [-0.1, -0.05) is 58.0 Å². The van der Waals surface area contributed by atoms with Crippen LogP contribution in [0.4, 0.5) is 0 Å². The highest BCUT2D eigenvalue weighted by Gasteiger charge is 2.24. The van der Waals surface area contributed by atoms with Crippen molar-refractivity contribution in [1.29, 1.82) is 0 Å². The van der Waals surface area contributed by atoms with E-state index in [1.54, 1.807) is 7.11 Å². The summed E-state index contributed by atoms with van der Waals surface area (Å²) < 4.78 is 11.2. The highest BCUT2D eigenvalue weighted by atomic mass is 28.2. The Kier molecular flexibility index (Phi) is 5.57. The predicted molar refractivity (Wildman–Crippen MR) is 79.6 cm³/mol. The van der Waals surface area contributed by atoms with Crippen LogP contribution in [0.1, 0.15) is 33.3 Å². The molecule has 0 spiro atoms. The molecule has 0 aliphatic heterocycles. The average Bonchev–Trinajstić information content (AvgIpc) is 2.29. The lowest BCUT2D eigenvalue weighted by molar-refractivity contribution is 0.0643. The van der Waals surface area contributed by atoms with Crippen LogP contribution in [0.3, 0.4) is 0 Å². The van der Waals surface area contributed by atoms with Gasteiger partial charge in [0.15, 0.2) is 9.76 Å². The quantitative estimate of drug-likeness (QED) is 0.707. The summed E-state index contributed by atoms with van der Waals surface area (Å²) in [6.45, 7) is 10.4. The molecule has 102 valence electrons. The Labute approximate surface area is 114 Å². The first-order valence-electron chi connectivity index (χ1n) is 6.50. The maximum atomic E-state index is 6.03. The van der Waals surface area contributed by atoms with E-state index < -0.39 is 9.76 Å². The second-order valence-electron chi connectivity index (χ2n) is 6.34. The van der Waals surface area contributed by atoms with Gasteiger partial charge in [-0.05, 0) is 5.56 Å². The van der Waals surface area contributed by atoms with Gasteiger partial charge in [0.1, 0.15) is 0 Å². The van der Waals surface area contributed by atoms with Crippen molar-refractivity contribution in [3.05, 3.63) is 35.9 Å². The van der Waals surface area contributed by atoms with E-state index in [9.17, 15) is 0 Å². The predicted octanol–water partition coefficient (Wildman–Crippen LogP) is 2.69. The lowest BCUT2D eigenvalue weighted by Gasteiger charge is -2.28. The third-order valence-corrected chi connectivity index (χ3v) is 4.58. The average molecular weight is 266 g/mol. The Balaban J connectivity index is 2.48. The molecule has 0 unspecified atom stereocenters. The van der Waals surface area contributed by atoms with Gasteiger partial charge in [-0.25, -0.2) is 0 Å². The third-order valence-electron chi connectivity index (χ3n) is 3.05. The standard InChI is InChI=1S/C15H26O2Si/c1-14(2,11-16-5)12-17-18-15(3,4)13-9-7-6-8-10-13/h6-10H,11-12,18H2,1-5H3. The number of rotatable bonds is 7. The number of ether oxygens (including phenoxy) is 1. The van der Waals surface area contributed by atoms with E-state index in [-0.39, 0.29) is 10.5 Å². The van der Waals surface area contributed by atoms with Crippen LogP contribution in [0, 0.1) is 5.41 Å². The molecular formula is C15H26O2Si. The number of methoxy groups -OCH3 is 1. The Morgan fingerprint density at radius 2 is 1.61 bits per heavy atom. The molecular weight excluding hydrogens is 240 g/mol. The van der Waals surface area contributed by atoms with Crippen LogP contribution in [0.25, 0.3) is 0 Å². The number of hydrogen-bond acceptors (Lipinski definition) is 2. The topological polar surface area (TPSA) is 18.5 Å². The van der Waals surface area contributed by atoms with E-state index >= 15 is 0 Å². The monoisotopic (exact) mass is 266 g/mol. The summed E-state index contributed by atoms with van der Waals surface area (Å²) in [7, 11) is 1.13. The normalized spacial score (nSPS) is 13.4. The molecule has 0 atom stereocenters. The fourth-order valence-corrected chi connectivity index (χ4v) is 3.55. The van der Waals surface area contributed by atoms with Crippen molar-refractivity contribution in [2.75, 3.05) is 20.3 Å². The van der Waals surface area contributed by atoms with Crippen molar-refractivity contribution in [1.82, 2.24) is 0 Å². The van der Waals surface area contributed by atoms with E-state index in [1.807, 2.05) is 0 Å². The Bertz CT molecular complexity index is 347. The van der Waals surface area contributed by atoms with Gasteiger partial charge in [-0.2, -0.15) is 0 Å². The lowest BCUT2D eigenvalue weighted by Crippen LogP contribution is -2.33. The van der Waals surface area contributed by atoms with Crippen LogP contribution in [-0.4, -0.2) is 30.1 Å². The molecule has 0 aliphatic rings. The van der Waals surface area contributed by atoms with E-state index in [1.165, 1.54) is 5.56 Å². The molecule has 0 aliphatic carbocycles. The van der Waals surface area contributed by atoms with Crippen molar-refractivity contribution >= 4 is 9.76 Å². The zero-order valence-corrected chi connectivity index (χ0v) is 13.7. The molecule has 0 radical (unpaired) electrons. The van der Waals surface area contributed by atoms with Gasteiger partial charge in [0.25, 0.3) is 0 Å². The Hall–Kier alpha value is -0.643. The largest absolute Gasteiger partial charge is 0.422 e. The summed E-state index contributed by atoms with van der Waals surface area (Å²) in [6, 6.07) is 10.6. The van der Waals surface area contributed by atoms with E-state index in [0.717, 1.165) is 13.2 Å². The smallest absolute Gasteiger partial charge is 0.171 e. The Morgan fingerprint density at radius 3 is 2.17 bits per heavy atom. The first-order chi connectivity index (χ1) is 8.37. The fourth-order valence-electron chi connectivity index (χ4n) is 1.99. The van der Waals surface area contributed by atoms with Crippen LogP contribution in [0.2, 0.25) is 0 Å². The van der Waals surface area contributed by atoms with Gasteiger partial charge in [-0.3, -0.25) is 0 Å².